The number of ether oxygens (including phenoxy) is 1. The van der Waals surface area contributed by atoms with Crippen molar-refractivity contribution in [1.82, 2.24) is 9.62 Å². The molecule has 1 heterocycles. The van der Waals surface area contributed by atoms with Crippen molar-refractivity contribution in [3.63, 3.8) is 0 Å². The van der Waals surface area contributed by atoms with E-state index in [1.54, 1.807) is 0 Å². The molecular weight excluding hydrogens is 339 g/mol. The van der Waals surface area contributed by atoms with Crippen LogP contribution in [0.1, 0.15) is 19.3 Å². The van der Waals surface area contributed by atoms with E-state index in [0.717, 1.165) is 16.4 Å². The van der Waals surface area contributed by atoms with E-state index in [1.165, 1.54) is 19.2 Å². The molecule has 24 heavy (non-hydrogen) atoms. The molecule has 1 unspecified atom stereocenters. The number of esters is 1. The smallest absolute Gasteiger partial charge is 0.325 e. The first-order valence-corrected chi connectivity index (χ1v) is 8.92. The number of hydrogen-bond acceptors (Lipinski definition) is 5. The summed E-state index contributed by atoms with van der Waals surface area (Å²) in [6, 6.07) is 3.55. The van der Waals surface area contributed by atoms with Gasteiger partial charge in [-0.25, -0.2) is 12.8 Å². The Morgan fingerprint density at radius 2 is 1.96 bits per heavy atom. The highest BCUT2D eigenvalue weighted by molar-refractivity contribution is 7.89. The number of piperidine rings is 1. The van der Waals surface area contributed by atoms with E-state index >= 15 is 0 Å². The van der Waals surface area contributed by atoms with Gasteiger partial charge in [0.2, 0.25) is 15.9 Å². The summed E-state index contributed by atoms with van der Waals surface area (Å²) < 4.78 is 44.0. The first-order chi connectivity index (χ1) is 11.4. The lowest BCUT2D eigenvalue weighted by Gasteiger charge is -2.33. The van der Waals surface area contributed by atoms with Gasteiger partial charge in [0.15, 0.2) is 0 Å². The van der Waals surface area contributed by atoms with Gasteiger partial charge in [-0.2, -0.15) is 4.31 Å². The van der Waals surface area contributed by atoms with Gasteiger partial charge in [0.1, 0.15) is 18.4 Å². The van der Waals surface area contributed by atoms with Gasteiger partial charge in [0.05, 0.1) is 12.0 Å². The van der Waals surface area contributed by atoms with Gasteiger partial charge in [-0.15, -0.1) is 0 Å². The van der Waals surface area contributed by atoms with Crippen molar-refractivity contribution in [1.29, 1.82) is 0 Å². The highest BCUT2D eigenvalue weighted by Crippen LogP contribution is 2.25. The maximum absolute atomic E-state index is 13.0. The van der Waals surface area contributed by atoms with Crippen molar-refractivity contribution in [2.45, 2.75) is 30.2 Å². The predicted molar refractivity (Wildman–Crippen MR) is 83.0 cm³/mol. The molecule has 0 aliphatic carbocycles. The van der Waals surface area contributed by atoms with Gasteiger partial charge in [-0.1, -0.05) is 6.42 Å². The zero-order valence-corrected chi connectivity index (χ0v) is 14.0. The Kier molecular flexibility index (Phi) is 5.89. The van der Waals surface area contributed by atoms with Crippen LogP contribution in [0.3, 0.4) is 0 Å². The van der Waals surface area contributed by atoms with Gasteiger partial charge >= 0.3 is 5.97 Å². The molecule has 1 aromatic rings. The number of sulfonamides is 1. The van der Waals surface area contributed by atoms with Crippen LogP contribution in [0.4, 0.5) is 4.39 Å². The highest BCUT2D eigenvalue weighted by Gasteiger charge is 2.37. The fraction of sp³-hybridized carbons (Fsp3) is 0.467. The van der Waals surface area contributed by atoms with Crippen molar-refractivity contribution in [3.8, 4) is 0 Å². The minimum atomic E-state index is -3.93. The summed E-state index contributed by atoms with van der Waals surface area (Å²) in [5.41, 5.74) is 0. The van der Waals surface area contributed by atoms with Gasteiger partial charge in [0.25, 0.3) is 0 Å². The largest absolute Gasteiger partial charge is 0.468 e. The topological polar surface area (TPSA) is 92.8 Å². The number of carbonyl (C=O) groups is 2. The van der Waals surface area contributed by atoms with Crippen molar-refractivity contribution in [3.05, 3.63) is 30.1 Å². The molecule has 1 N–H and O–H groups in total. The zero-order chi connectivity index (χ0) is 17.7. The van der Waals surface area contributed by atoms with Crippen LogP contribution in [-0.4, -0.2) is 50.8 Å². The summed E-state index contributed by atoms with van der Waals surface area (Å²) in [4.78, 5) is 23.3. The van der Waals surface area contributed by atoms with Crippen molar-refractivity contribution < 1.29 is 27.1 Å². The maximum Gasteiger partial charge on any atom is 0.325 e. The van der Waals surface area contributed by atoms with Crippen LogP contribution in [0.15, 0.2) is 29.2 Å². The molecule has 0 radical (unpaired) electrons. The highest BCUT2D eigenvalue weighted by atomic mass is 32.2. The molecule has 1 aliphatic rings. The molecule has 1 saturated heterocycles. The van der Waals surface area contributed by atoms with Crippen LogP contribution < -0.4 is 5.32 Å². The number of nitrogens with one attached hydrogen (secondary N) is 1. The summed E-state index contributed by atoms with van der Waals surface area (Å²) in [5.74, 6) is -1.71. The summed E-state index contributed by atoms with van der Waals surface area (Å²) >= 11 is 0. The number of nitrogens with zero attached hydrogens (tertiary/aromatic N) is 1. The second-order valence-corrected chi connectivity index (χ2v) is 7.27. The molecule has 2 rings (SSSR count). The molecule has 9 heteroatoms. The summed E-state index contributed by atoms with van der Waals surface area (Å²) in [7, 11) is -2.73. The van der Waals surface area contributed by atoms with E-state index in [1.807, 2.05) is 0 Å². The van der Waals surface area contributed by atoms with E-state index in [0.29, 0.717) is 19.3 Å². The molecule has 1 amide bonds. The third kappa shape index (κ3) is 4.09. The Bertz CT molecular complexity index is 705. The lowest BCUT2D eigenvalue weighted by atomic mass is 10.0. The van der Waals surface area contributed by atoms with Crippen LogP contribution in [0, 0.1) is 5.82 Å². The van der Waals surface area contributed by atoms with Gasteiger partial charge in [0, 0.05) is 6.54 Å². The zero-order valence-electron chi connectivity index (χ0n) is 13.2. The van der Waals surface area contributed by atoms with E-state index in [2.05, 4.69) is 10.1 Å². The van der Waals surface area contributed by atoms with Crippen LogP contribution in [0.5, 0.6) is 0 Å². The molecular formula is C15H19FN2O5S. The third-order valence-corrected chi connectivity index (χ3v) is 5.73. The lowest BCUT2D eigenvalue weighted by Crippen LogP contribution is -2.52. The summed E-state index contributed by atoms with van der Waals surface area (Å²) in [5, 5.41) is 2.39. The van der Waals surface area contributed by atoms with E-state index in [9.17, 15) is 22.4 Å². The average Bonchev–Trinajstić information content (AvgIpc) is 2.59. The van der Waals surface area contributed by atoms with Gasteiger partial charge in [-0.3, -0.25) is 9.59 Å². The second-order valence-electron chi connectivity index (χ2n) is 5.38. The fourth-order valence-electron chi connectivity index (χ4n) is 2.55. The number of benzene rings is 1. The minimum Gasteiger partial charge on any atom is -0.468 e. The molecule has 1 atom stereocenters. The number of carbonyl (C=O) groups excluding carboxylic acids is 2. The Morgan fingerprint density at radius 3 is 2.58 bits per heavy atom. The van der Waals surface area contributed by atoms with Crippen molar-refractivity contribution in [2.24, 2.45) is 0 Å². The maximum atomic E-state index is 13.0. The molecule has 7 nitrogen and oxygen atoms in total. The molecule has 1 fully saturated rings. The molecule has 0 bridgehead atoms. The fourth-order valence-corrected chi connectivity index (χ4v) is 4.20. The van der Waals surface area contributed by atoms with Crippen LogP contribution >= 0.6 is 0 Å². The van der Waals surface area contributed by atoms with Gasteiger partial charge < -0.3 is 10.1 Å². The first kappa shape index (κ1) is 18.3. The monoisotopic (exact) mass is 358 g/mol. The first-order valence-electron chi connectivity index (χ1n) is 7.48. The molecule has 0 aromatic heterocycles. The number of hydrogen-bond donors (Lipinski definition) is 1. The molecule has 1 aliphatic heterocycles. The molecule has 1 aromatic carbocycles. The van der Waals surface area contributed by atoms with Gasteiger partial charge in [-0.05, 0) is 37.1 Å². The van der Waals surface area contributed by atoms with Crippen molar-refractivity contribution >= 4 is 21.9 Å². The minimum absolute atomic E-state index is 0.0726. The average molecular weight is 358 g/mol. The van der Waals surface area contributed by atoms with Crippen LogP contribution in [-0.2, 0) is 24.3 Å². The standard InChI is InChI=1S/C15H19FN2O5S/c1-23-14(19)10-17-15(20)13-4-2-3-9-18(13)24(21,22)12-7-5-11(16)6-8-12/h5-8,13H,2-4,9-10H2,1H3,(H,17,20). The Hall–Kier alpha value is -2.00. The molecule has 132 valence electrons. The normalized spacial score (nSPS) is 18.8. The second kappa shape index (κ2) is 7.71. The third-order valence-electron chi connectivity index (χ3n) is 3.81. The lowest BCUT2D eigenvalue weighted by molar-refractivity contribution is -0.141. The molecule has 0 saturated carbocycles. The summed E-state index contributed by atoms with van der Waals surface area (Å²) in [6.45, 7) is -0.133. The number of rotatable bonds is 5. The summed E-state index contributed by atoms with van der Waals surface area (Å²) in [6.07, 6.45) is 1.68. The van der Waals surface area contributed by atoms with E-state index < -0.39 is 33.8 Å². The van der Waals surface area contributed by atoms with E-state index in [-0.39, 0.29) is 18.0 Å². The quantitative estimate of drug-likeness (QED) is 0.781. The van der Waals surface area contributed by atoms with E-state index in [4.69, 9.17) is 0 Å². The van der Waals surface area contributed by atoms with Crippen LogP contribution in [0.25, 0.3) is 0 Å². The predicted octanol–water partition coefficient (Wildman–Crippen LogP) is 0.658. The van der Waals surface area contributed by atoms with Crippen LogP contribution in [0.2, 0.25) is 0 Å². The molecule has 0 spiro atoms. The Morgan fingerprint density at radius 1 is 1.29 bits per heavy atom. The van der Waals surface area contributed by atoms with Crippen molar-refractivity contribution in [2.75, 3.05) is 20.2 Å². The number of methoxy groups -OCH3 is 1. The Balaban J connectivity index is 2.20. The Labute approximate surface area is 139 Å². The number of amides is 1. The number of halogens is 1. The SMILES string of the molecule is COC(=O)CNC(=O)C1CCCCN1S(=O)(=O)c1ccc(F)cc1.